The number of hydrogen-bond donors (Lipinski definition) is 0. The Balaban J connectivity index is 2.04. The molecule has 5 heteroatoms. The Morgan fingerprint density at radius 3 is 2.94 bits per heavy atom. The molecule has 0 bridgehead atoms. The lowest BCUT2D eigenvalue weighted by atomic mass is 9.99. The molecule has 0 saturated carbocycles. The number of rotatable bonds is 1. The minimum atomic E-state index is 0.187. The lowest BCUT2D eigenvalue weighted by Crippen LogP contribution is -2.30. The second-order valence-corrected chi connectivity index (χ2v) is 5.94. The molecule has 0 unspecified atom stereocenters. The second kappa shape index (κ2) is 4.48. The summed E-state index contributed by atoms with van der Waals surface area (Å²) in [5.74, 6) is 0.187. The van der Waals surface area contributed by atoms with E-state index in [0.29, 0.717) is 6.42 Å². The molecule has 0 spiro atoms. The molecule has 3 rings (SSSR count). The number of aryl methyl sites for hydroxylation is 1. The van der Waals surface area contributed by atoms with E-state index in [0.717, 1.165) is 27.3 Å². The van der Waals surface area contributed by atoms with Gasteiger partial charge in [-0.3, -0.25) is 4.79 Å². The van der Waals surface area contributed by atoms with Crippen molar-refractivity contribution in [3.8, 4) is 10.6 Å². The normalized spacial score (nSPS) is 14.8. The van der Waals surface area contributed by atoms with Gasteiger partial charge in [0.1, 0.15) is 9.61 Å². The molecule has 1 aliphatic heterocycles. The van der Waals surface area contributed by atoms with Crippen LogP contribution in [-0.2, 0) is 11.2 Å². The van der Waals surface area contributed by atoms with Crippen LogP contribution in [0.25, 0.3) is 10.6 Å². The minimum Gasteiger partial charge on any atom is -0.315 e. The van der Waals surface area contributed by atoms with Crippen LogP contribution in [0.4, 0.5) is 5.69 Å². The summed E-state index contributed by atoms with van der Waals surface area (Å²) in [6.45, 7) is 0. The van der Waals surface area contributed by atoms with E-state index < -0.39 is 0 Å². The molecule has 92 valence electrons. The van der Waals surface area contributed by atoms with Crippen LogP contribution >= 0.6 is 27.3 Å². The third kappa shape index (κ3) is 1.97. The summed E-state index contributed by atoms with van der Waals surface area (Å²) in [5, 5.41) is 2.98. The number of aromatic nitrogens is 1. The Labute approximate surface area is 118 Å². The number of halogens is 1. The first kappa shape index (κ1) is 11.9. The van der Waals surface area contributed by atoms with Crippen LogP contribution in [0, 0.1) is 0 Å². The third-order valence-corrected chi connectivity index (χ3v) is 4.75. The first-order chi connectivity index (χ1) is 8.65. The highest BCUT2D eigenvalue weighted by molar-refractivity contribution is 9.10. The quantitative estimate of drug-likeness (QED) is 0.805. The molecule has 1 aromatic heterocycles. The monoisotopic (exact) mass is 322 g/mol. The van der Waals surface area contributed by atoms with Gasteiger partial charge >= 0.3 is 0 Å². The predicted molar refractivity (Wildman–Crippen MR) is 77.0 cm³/mol. The average molecular weight is 323 g/mol. The van der Waals surface area contributed by atoms with E-state index in [1.807, 2.05) is 24.6 Å². The highest BCUT2D eigenvalue weighted by Gasteiger charge is 2.21. The van der Waals surface area contributed by atoms with Gasteiger partial charge in [-0.25, -0.2) is 4.98 Å². The molecule has 2 aromatic rings. The molecule has 3 nitrogen and oxygen atoms in total. The van der Waals surface area contributed by atoms with Gasteiger partial charge in [-0.2, -0.15) is 0 Å². The van der Waals surface area contributed by atoms with Crippen molar-refractivity contribution in [1.29, 1.82) is 0 Å². The molecule has 18 heavy (non-hydrogen) atoms. The van der Waals surface area contributed by atoms with Gasteiger partial charge in [-0.15, -0.1) is 11.3 Å². The van der Waals surface area contributed by atoms with Crippen molar-refractivity contribution < 1.29 is 4.79 Å². The van der Waals surface area contributed by atoms with Gasteiger partial charge in [0.25, 0.3) is 0 Å². The van der Waals surface area contributed by atoms with E-state index in [2.05, 4.69) is 27.0 Å². The van der Waals surface area contributed by atoms with Gasteiger partial charge in [0, 0.05) is 30.1 Å². The van der Waals surface area contributed by atoms with E-state index >= 15 is 0 Å². The van der Waals surface area contributed by atoms with Crippen molar-refractivity contribution in [3.63, 3.8) is 0 Å². The van der Waals surface area contributed by atoms with Crippen molar-refractivity contribution >= 4 is 38.9 Å². The number of nitrogens with zero attached hydrogens (tertiary/aromatic N) is 2. The highest BCUT2D eigenvalue weighted by Crippen LogP contribution is 2.33. The molecular weight excluding hydrogens is 312 g/mol. The molecule has 0 N–H and O–H groups in total. The fraction of sp³-hybridized carbons (Fsp3) is 0.231. The number of fused-ring (bicyclic) bond motifs is 1. The zero-order valence-corrected chi connectivity index (χ0v) is 12.2. The Kier molecular flexibility index (Phi) is 2.95. The summed E-state index contributed by atoms with van der Waals surface area (Å²) >= 11 is 4.98. The Morgan fingerprint density at radius 2 is 2.22 bits per heavy atom. The fourth-order valence-corrected chi connectivity index (χ4v) is 3.43. The van der Waals surface area contributed by atoms with E-state index in [4.69, 9.17) is 0 Å². The number of carbonyl (C=O) groups excluding carboxylic acids is 1. The number of thiazole rings is 1. The molecule has 1 aliphatic rings. The SMILES string of the molecule is CN1C(=O)CCc2cc(-c3nc(Br)cs3)ccc21. The van der Waals surface area contributed by atoms with Crippen molar-refractivity contribution in [2.45, 2.75) is 12.8 Å². The van der Waals surface area contributed by atoms with Crippen molar-refractivity contribution in [2.75, 3.05) is 11.9 Å². The van der Waals surface area contributed by atoms with Crippen LogP contribution in [0.3, 0.4) is 0 Å². The van der Waals surface area contributed by atoms with Crippen LogP contribution in [0.5, 0.6) is 0 Å². The molecule has 0 radical (unpaired) electrons. The van der Waals surface area contributed by atoms with Crippen molar-refractivity contribution in [2.24, 2.45) is 0 Å². The van der Waals surface area contributed by atoms with Crippen LogP contribution in [0.2, 0.25) is 0 Å². The van der Waals surface area contributed by atoms with Gasteiger partial charge in [0.2, 0.25) is 5.91 Å². The average Bonchev–Trinajstić information content (AvgIpc) is 2.80. The topological polar surface area (TPSA) is 33.2 Å². The molecule has 1 amide bonds. The lowest BCUT2D eigenvalue weighted by molar-refractivity contribution is -0.118. The summed E-state index contributed by atoms with van der Waals surface area (Å²) in [4.78, 5) is 17.8. The van der Waals surface area contributed by atoms with Crippen LogP contribution in [0.1, 0.15) is 12.0 Å². The first-order valence-corrected chi connectivity index (χ1v) is 7.33. The first-order valence-electron chi connectivity index (χ1n) is 5.66. The van der Waals surface area contributed by atoms with Gasteiger partial charge < -0.3 is 4.90 Å². The van der Waals surface area contributed by atoms with Crippen LogP contribution in [-0.4, -0.2) is 17.9 Å². The summed E-state index contributed by atoms with van der Waals surface area (Å²) in [5.41, 5.74) is 3.36. The summed E-state index contributed by atoms with van der Waals surface area (Å²) in [6, 6.07) is 6.18. The van der Waals surface area contributed by atoms with Gasteiger partial charge in [-0.1, -0.05) is 0 Å². The maximum absolute atomic E-state index is 11.6. The molecule has 0 fully saturated rings. The summed E-state index contributed by atoms with van der Waals surface area (Å²) in [6.07, 6.45) is 1.41. The second-order valence-electron chi connectivity index (χ2n) is 4.27. The molecular formula is C13H11BrN2OS. The summed E-state index contributed by atoms with van der Waals surface area (Å²) < 4.78 is 0.868. The van der Waals surface area contributed by atoms with E-state index in [1.54, 1.807) is 16.2 Å². The van der Waals surface area contributed by atoms with Crippen molar-refractivity contribution in [3.05, 3.63) is 33.7 Å². The number of anilines is 1. The number of carbonyl (C=O) groups is 1. The maximum atomic E-state index is 11.6. The zero-order chi connectivity index (χ0) is 12.7. The molecule has 0 saturated heterocycles. The molecule has 1 aromatic carbocycles. The predicted octanol–water partition coefficient (Wildman–Crippen LogP) is 3.48. The summed E-state index contributed by atoms with van der Waals surface area (Å²) in [7, 11) is 1.83. The highest BCUT2D eigenvalue weighted by atomic mass is 79.9. The molecule has 0 aliphatic carbocycles. The fourth-order valence-electron chi connectivity index (χ4n) is 2.18. The molecule has 0 atom stereocenters. The van der Waals surface area contributed by atoms with Crippen LogP contribution in [0.15, 0.2) is 28.2 Å². The number of amides is 1. The van der Waals surface area contributed by atoms with Gasteiger partial charge in [-0.05, 0) is 46.1 Å². The van der Waals surface area contributed by atoms with Gasteiger partial charge in [0.05, 0.1) is 0 Å². The van der Waals surface area contributed by atoms with E-state index in [-0.39, 0.29) is 5.91 Å². The Hall–Kier alpha value is -1.20. The Bertz CT molecular complexity index is 623. The largest absolute Gasteiger partial charge is 0.315 e. The molecule has 2 heterocycles. The maximum Gasteiger partial charge on any atom is 0.227 e. The van der Waals surface area contributed by atoms with E-state index in [1.165, 1.54) is 5.56 Å². The van der Waals surface area contributed by atoms with Crippen molar-refractivity contribution in [1.82, 2.24) is 4.98 Å². The third-order valence-electron chi connectivity index (χ3n) is 3.15. The van der Waals surface area contributed by atoms with Crippen LogP contribution < -0.4 is 4.90 Å². The standard InChI is InChI=1S/C13H11BrN2OS/c1-16-10-4-2-9(13-15-11(14)7-18-13)6-8(10)3-5-12(16)17/h2,4,6-7H,3,5H2,1H3. The van der Waals surface area contributed by atoms with E-state index in [9.17, 15) is 4.79 Å². The minimum absolute atomic E-state index is 0.187. The number of hydrogen-bond acceptors (Lipinski definition) is 3. The smallest absolute Gasteiger partial charge is 0.227 e. The van der Waals surface area contributed by atoms with Gasteiger partial charge in [0.15, 0.2) is 0 Å². The number of benzene rings is 1. The Morgan fingerprint density at radius 1 is 1.39 bits per heavy atom. The lowest BCUT2D eigenvalue weighted by Gasteiger charge is -2.25. The zero-order valence-electron chi connectivity index (χ0n) is 9.81.